The van der Waals surface area contributed by atoms with Crippen LogP contribution in [0.2, 0.25) is 0 Å². The van der Waals surface area contributed by atoms with Gasteiger partial charge in [-0.05, 0) is 148 Å². The highest BCUT2D eigenvalue weighted by atomic mass is 16.3. The summed E-state index contributed by atoms with van der Waals surface area (Å²) in [6, 6.07) is 86.2. The third-order valence-electron chi connectivity index (χ3n) is 17.7. The van der Waals surface area contributed by atoms with Gasteiger partial charge in [-0.15, -0.1) is 0 Å². The Hall–Kier alpha value is -12.8. The second-order valence-electron chi connectivity index (χ2n) is 23.4. The predicted octanol–water partition coefficient (Wildman–Crippen LogP) is 21.1. The molecule has 7 aromatic heterocycles. The van der Waals surface area contributed by atoms with Crippen molar-refractivity contribution in [2.45, 2.75) is 0 Å². The van der Waals surface area contributed by atoms with Crippen LogP contribution >= 0.6 is 0 Å². The molecule has 10 nitrogen and oxygen atoms in total. The lowest BCUT2D eigenvalue weighted by Crippen LogP contribution is -1.89. The number of rotatable bonds is 8. The lowest BCUT2D eigenvalue weighted by atomic mass is 10.0. The van der Waals surface area contributed by atoms with E-state index >= 15 is 0 Å². The molecule has 0 atom stereocenters. The Morgan fingerprint density at radius 3 is 1.03 bits per heavy atom. The van der Waals surface area contributed by atoms with Crippen LogP contribution in [-0.4, -0.2) is 44.9 Å². The molecule has 0 amide bonds. The summed E-state index contributed by atoms with van der Waals surface area (Å²) in [6.45, 7) is 0. The number of hydrogen-bond acceptors (Lipinski definition) is 6. The molecule has 0 aliphatic carbocycles. The summed E-state index contributed by atoms with van der Waals surface area (Å²) in [6.07, 6.45) is 16.9. The van der Waals surface area contributed by atoms with E-state index in [1.54, 1.807) is 0 Å². The molecule has 0 spiro atoms. The van der Waals surface area contributed by atoms with Crippen molar-refractivity contribution in [2.75, 3.05) is 0 Å². The van der Waals surface area contributed by atoms with Gasteiger partial charge < -0.3 is 24.4 Å². The Labute approximate surface area is 533 Å². The van der Waals surface area contributed by atoms with E-state index < -0.39 is 0 Å². The van der Waals surface area contributed by atoms with Crippen LogP contribution in [0, 0.1) is 0 Å². The number of H-pyrrole nitrogens is 4. The second kappa shape index (κ2) is 22.1. The molecule has 0 saturated carbocycles. The zero-order valence-corrected chi connectivity index (χ0v) is 49.9. The Bertz CT molecular complexity index is 5790. The molecule has 11 heterocycles. The number of oxazole rings is 1. The van der Waals surface area contributed by atoms with Crippen LogP contribution in [0.3, 0.4) is 0 Å². The van der Waals surface area contributed by atoms with E-state index in [0.29, 0.717) is 17.0 Å². The van der Waals surface area contributed by atoms with Gasteiger partial charge in [0.05, 0.1) is 56.6 Å². The fourth-order valence-electron chi connectivity index (χ4n) is 13.5. The monoisotopic (exact) mass is 1190 g/mol. The van der Waals surface area contributed by atoms with Gasteiger partial charge in [0, 0.05) is 77.6 Å². The predicted molar refractivity (Wildman–Crippen MR) is 382 cm³/mol. The summed E-state index contributed by atoms with van der Waals surface area (Å²) in [5.41, 5.74) is 29.5. The molecule has 10 heteroatoms. The van der Waals surface area contributed by atoms with E-state index in [-0.39, 0.29) is 0 Å². The van der Waals surface area contributed by atoms with Crippen molar-refractivity contribution in [1.82, 2.24) is 44.9 Å². The summed E-state index contributed by atoms with van der Waals surface area (Å²) in [5, 5.41) is 0. The topological polar surface area (TPSA) is 141 Å². The van der Waals surface area contributed by atoms with Crippen molar-refractivity contribution in [3.63, 3.8) is 0 Å². The van der Waals surface area contributed by atoms with Gasteiger partial charge >= 0.3 is 0 Å². The fourth-order valence-corrected chi connectivity index (χ4v) is 13.5. The van der Waals surface area contributed by atoms with Gasteiger partial charge in [-0.2, -0.15) is 0 Å². The average molecular weight is 1190 g/mol. The SMILES string of the molecule is C1=Cc2nc1cc1ccc([nH]1)c(-c1ccccc1)c1nc(c(-c3ccccc3)c3cc(-c4nc5cc(-c6c7nc(c(-c8ccccc8)c8ccc([nH]8)c(-c8ccccc8)c8nc(c(-c9ccccc9)c9ccc6[nH]9)C=C8)C=C7)ccc5o4)c([nH]3)c2-c2ccccc2)C=C1. The Kier molecular flexibility index (Phi) is 12.6. The van der Waals surface area contributed by atoms with Crippen LogP contribution in [0.1, 0.15) is 45.6 Å². The first-order chi connectivity index (χ1) is 46.0. The van der Waals surface area contributed by atoms with Gasteiger partial charge in [-0.25, -0.2) is 24.9 Å². The van der Waals surface area contributed by atoms with Crippen molar-refractivity contribution < 1.29 is 4.42 Å². The smallest absolute Gasteiger partial charge is 0.229 e. The number of aromatic amines is 4. The number of aromatic nitrogens is 9. The van der Waals surface area contributed by atoms with Crippen LogP contribution in [0.4, 0.5) is 0 Å². The number of benzene rings is 7. The number of hydrogen-bond donors (Lipinski definition) is 4. The van der Waals surface area contributed by atoms with Gasteiger partial charge in [-0.1, -0.05) is 188 Å². The van der Waals surface area contributed by atoms with Gasteiger partial charge in [0.25, 0.3) is 0 Å². The van der Waals surface area contributed by atoms with Crippen LogP contribution in [-0.2, 0) is 0 Å². The summed E-state index contributed by atoms with van der Waals surface area (Å²) < 4.78 is 7.07. The van der Waals surface area contributed by atoms with E-state index in [1.165, 1.54) is 0 Å². The third kappa shape index (κ3) is 9.48. The molecule has 7 aromatic carbocycles. The molecule has 4 N–H and O–H groups in total. The molecule has 0 radical (unpaired) electrons. The zero-order valence-electron chi connectivity index (χ0n) is 49.9. The quantitative estimate of drug-likeness (QED) is 0.119. The van der Waals surface area contributed by atoms with E-state index in [0.717, 1.165) is 173 Å². The zero-order chi connectivity index (χ0) is 61.3. The highest BCUT2D eigenvalue weighted by Crippen LogP contribution is 2.44. The molecule has 18 rings (SSSR count). The molecule has 0 unspecified atom stereocenters. The molecule has 93 heavy (non-hydrogen) atoms. The first-order valence-electron chi connectivity index (χ1n) is 31.1. The minimum Gasteiger partial charge on any atom is -0.436 e. The summed E-state index contributed by atoms with van der Waals surface area (Å²) in [7, 11) is 0. The standard InChI is InChI=1S/C83H53N9O/c1-7-19-50(20-8-1)75-60-34-32-57(84-60)48-58-33-35-71(85-58)81(55-29-17-6-18-30-55)82-59(49-73(91-82)79(54-27-15-5-16-28-54)68-43-40-61(75)88-68)83-92-72-47-56(31-46-74(72)93-83)80-69-44-41-66(89-69)77(52-23-11-3-12-24-52)64-38-36-62(86-64)76(51-21-9-2-10-22-51)63-37-39-65(87-63)78(53-25-13-4-14-26-53)67-42-45-70(80)90-67/h1-49,84,86,90-91H. The van der Waals surface area contributed by atoms with E-state index in [2.05, 4.69) is 275 Å². The molecular formula is C83H53N9O. The first kappa shape index (κ1) is 53.3. The Balaban J connectivity index is 0.899. The van der Waals surface area contributed by atoms with Gasteiger partial charge in [0.1, 0.15) is 5.52 Å². The Morgan fingerprint density at radius 1 is 0.247 bits per heavy atom. The van der Waals surface area contributed by atoms with Crippen molar-refractivity contribution >= 4 is 104 Å². The highest BCUT2D eigenvalue weighted by molar-refractivity contribution is 6.05. The van der Waals surface area contributed by atoms with Crippen molar-refractivity contribution in [2.24, 2.45) is 0 Å². The number of fused-ring (bicyclic) bond motifs is 17. The molecule has 4 aliphatic heterocycles. The fraction of sp³-hybridized carbons (Fsp3) is 0. The third-order valence-corrected chi connectivity index (χ3v) is 17.7. The van der Waals surface area contributed by atoms with Gasteiger partial charge in [0.2, 0.25) is 5.89 Å². The minimum absolute atomic E-state index is 0.439. The maximum atomic E-state index is 7.07. The van der Waals surface area contributed by atoms with E-state index in [1.807, 2.05) is 42.5 Å². The van der Waals surface area contributed by atoms with Gasteiger partial charge in [0.15, 0.2) is 5.58 Å². The van der Waals surface area contributed by atoms with E-state index in [4.69, 9.17) is 29.3 Å². The lowest BCUT2D eigenvalue weighted by Gasteiger charge is -2.07. The first-order valence-corrected chi connectivity index (χ1v) is 31.1. The van der Waals surface area contributed by atoms with Crippen LogP contribution in [0.5, 0.6) is 0 Å². The second-order valence-corrected chi connectivity index (χ2v) is 23.4. The molecule has 0 fully saturated rings. The number of nitrogens with one attached hydrogen (secondary N) is 4. The van der Waals surface area contributed by atoms with Gasteiger partial charge in [-0.3, -0.25) is 0 Å². The normalized spacial score (nSPS) is 12.3. The number of nitrogens with zero attached hydrogens (tertiary/aromatic N) is 5. The van der Waals surface area contributed by atoms with Crippen LogP contribution < -0.4 is 0 Å². The molecule has 16 bridgehead atoms. The molecule has 0 saturated heterocycles. The Morgan fingerprint density at radius 2 is 0.602 bits per heavy atom. The van der Waals surface area contributed by atoms with Crippen LogP contribution in [0.15, 0.2) is 253 Å². The molecule has 4 aliphatic rings. The van der Waals surface area contributed by atoms with Crippen molar-refractivity contribution in [1.29, 1.82) is 0 Å². The molecule has 14 aromatic rings. The summed E-state index contributed by atoms with van der Waals surface area (Å²) in [5.74, 6) is 0.439. The van der Waals surface area contributed by atoms with E-state index in [9.17, 15) is 0 Å². The lowest BCUT2D eigenvalue weighted by molar-refractivity contribution is 0.621. The summed E-state index contributed by atoms with van der Waals surface area (Å²) >= 11 is 0. The summed E-state index contributed by atoms with van der Waals surface area (Å²) in [4.78, 5) is 43.0. The van der Waals surface area contributed by atoms with Crippen LogP contribution in [0.25, 0.3) is 193 Å². The van der Waals surface area contributed by atoms with Crippen molar-refractivity contribution in [3.8, 4) is 89.3 Å². The average Bonchev–Trinajstić information content (AvgIpc) is 1.70. The highest BCUT2D eigenvalue weighted by Gasteiger charge is 2.25. The molecule has 436 valence electrons. The largest absolute Gasteiger partial charge is 0.436 e. The minimum atomic E-state index is 0.439. The maximum Gasteiger partial charge on any atom is 0.229 e. The van der Waals surface area contributed by atoms with Crippen molar-refractivity contribution in [3.05, 3.63) is 294 Å². The molecular weight excluding hydrogens is 1140 g/mol. The maximum absolute atomic E-state index is 7.07.